The number of aromatic nitrogens is 4. The van der Waals surface area contributed by atoms with Crippen LogP contribution in [0.25, 0.3) is 0 Å². The molecule has 4 rings (SSSR count). The summed E-state index contributed by atoms with van der Waals surface area (Å²) >= 11 is 0. The van der Waals surface area contributed by atoms with E-state index in [2.05, 4.69) is 25.7 Å². The fourth-order valence-electron chi connectivity index (χ4n) is 4.20. The van der Waals surface area contributed by atoms with Crippen molar-refractivity contribution in [3.8, 4) is 0 Å². The van der Waals surface area contributed by atoms with E-state index >= 15 is 0 Å². The minimum absolute atomic E-state index is 0.0536. The molecule has 0 aromatic carbocycles. The molecular formula is C19H24F3N7O. The summed E-state index contributed by atoms with van der Waals surface area (Å²) in [5.41, 5.74) is 0.485. The van der Waals surface area contributed by atoms with E-state index in [-0.39, 0.29) is 30.0 Å². The maximum absolute atomic E-state index is 13.1. The first-order valence-corrected chi connectivity index (χ1v) is 9.85. The van der Waals surface area contributed by atoms with Crippen LogP contribution < -0.4 is 15.5 Å². The Morgan fingerprint density at radius 1 is 1.27 bits per heavy atom. The van der Waals surface area contributed by atoms with Gasteiger partial charge in [0.05, 0.1) is 11.7 Å². The highest BCUT2D eigenvalue weighted by atomic mass is 19.4. The number of alkyl halides is 3. The molecule has 1 unspecified atom stereocenters. The molecule has 1 amide bonds. The molecule has 8 nitrogen and oxygen atoms in total. The van der Waals surface area contributed by atoms with Gasteiger partial charge in [0.15, 0.2) is 5.82 Å². The molecule has 3 heterocycles. The number of rotatable bonds is 4. The Kier molecular flexibility index (Phi) is 4.86. The Morgan fingerprint density at radius 2 is 1.97 bits per heavy atom. The summed E-state index contributed by atoms with van der Waals surface area (Å²) in [5.74, 6) is 1.04. The molecular weight excluding hydrogens is 399 g/mol. The Hall–Kier alpha value is -2.85. The van der Waals surface area contributed by atoms with Crippen molar-refractivity contribution in [2.24, 2.45) is 5.92 Å². The van der Waals surface area contributed by atoms with Crippen LogP contribution >= 0.6 is 0 Å². The summed E-state index contributed by atoms with van der Waals surface area (Å²) in [4.78, 5) is 23.3. The zero-order valence-electron chi connectivity index (χ0n) is 17.2. The Balaban J connectivity index is 1.48. The van der Waals surface area contributed by atoms with Gasteiger partial charge < -0.3 is 15.5 Å². The van der Waals surface area contributed by atoms with Crippen molar-refractivity contribution in [2.75, 3.05) is 22.6 Å². The number of aryl methyl sites for hydroxylation is 1. The van der Waals surface area contributed by atoms with Crippen molar-refractivity contribution in [1.29, 1.82) is 0 Å². The first kappa shape index (κ1) is 20.4. The van der Waals surface area contributed by atoms with Gasteiger partial charge in [-0.15, -0.1) is 0 Å². The van der Waals surface area contributed by atoms with Crippen LogP contribution in [-0.4, -0.2) is 44.8 Å². The second-order valence-electron chi connectivity index (χ2n) is 8.25. The van der Waals surface area contributed by atoms with Crippen LogP contribution in [0.5, 0.6) is 0 Å². The number of fused-ring (bicyclic) bond motifs is 1. The van der Waals surface area contributed by atoms with Crippen LogP contribution in [0.1, 0.15) is 44.1 Å². The summed E-state index contributed by atoms with van der Waals surface area (Å²) < 4.78 is 40.3. The minimum Gasteiger partial charge on any atom is -0.351 e. The van der Waals surface area contributed by atoms with Crippen LogP contribution in [-0.2, 0) is 11.0 Å². The van der Waals surface area contributed by atoms with Crippen molar-refractivity contribution < 1.29 is 18.0 Å². The first-order valence-electron chi connectivity index (χ1n) is 9.85. The monoisotopic (exact) mass is 423 g/mol. The predicted octanol–water partition coefficient (Wildman–Crippen LogP) is 3.23. The van der Waals surface area contributed by atoms with Crippen LogP contribution in [0.3, 0.4) is 0 Å². The van der Waals surface area contributed by atoms with E-state index in [4.69, 9.17) is 0 Å². The van der Waals surface area contributed by atoms with Gasteiger partial charge in [-0.3, -0.25) is 9.48 Å². The van der Waals surface area contributed by atoms with E-state index in [9.17, 15) is 18.0 Å². The van der Waals surface area contributed by atoms with Crippen LogP contribution in [0.15, 0.2) is 12.3 Å². The number of carbonyl (C=O) groups is 1. The van der Waals surface area contributed by atoms with Gasteiger partial charge >= 0.3 is 6.18 Å². The lowest BCUT2D eigenvalue weighted by atomic mass is 9.87. The number of carbonyl (C=O) groups excluding carboxylic acids is 1. The van der Waals surface area contributed by atoms with E-state index in [1.54, 1.807) is 6.92 Å². The third-order valence-corrected chi connectivity index (χ3v) is 5.72. The van der Waals surface area contributed by atoms with E-state index in [1.165, 1.54) is 6.20 Å². The average Bonchev–Trinajstić information content (AvgIpc) is 3.08. The molecule has 1 aliphatic carbocycles. The van der Waals surface area contributed by atoms with Crippen LogP contribution in [0.4, 0.5) is 30.6 Å². The molecule has 1 fully saturated rings. The van der Waals surface area contributed by atoms with E-state index in [0.29, 0.717) is 36.0 Å². The fourth-order valence-corrected chi connectivity index (χ4v) is 4.20. The van der Waals surface area contributed by atoms with Crippen molar-refractivity contribution in [3.05, 3.63) is 23.7 Å². The zero-order valence-corrected chi connectivity index (χ0v) is 17.2. The SMILES string of the molecule is Cc1nc(NC2CC(n3nccc3C(F)(F)F)C2)nc2c1NC(=O)C(C(C)C)N2C. The topological polar surface area (TPSA) is 88.0 Å². The normalized spacial score (nSPS) is 23.8. The molecule has 2 aliphatic rings. The first-order chi connectivity index (χ1) is 14.1. The number of hydrogen-bond donors (Lipinski definition) is 2. The smallest absolute Gasteiger partial charge is 0.351 e. The molecule has 0 bridgehead atoms. The number of nitrogens with one attached hydrogen (secondary N) is 2. The van der Waals surface area contributed by atoms with Crippen LogP contribution in [0.2, 0.25) is 0 Å². The maximum Gasteiger partial charge on any atom is 0.433 e. The lowest BCUT2D eigenvalue weighted by Gasteiger charge is -2.38. The zero-order chi connectivity index (χ0) is 21.8. The highest BCUT2D eigenvalue weighted by molar-refractivity contribution is 6.03. The third kappa shape index (κ3) is 3.46. The molecule has 11 heteroatoms. The molecule has 1 atom stereocenters. The molecule has 0 saturated heterocycles. The molecule has 1 saturated carbocycles. The molecule has 0 radical (unpaired) electrons. The number of likely N-dealkylation sites (N-methyl/N-ethyl adjacent to an activating group) is 1. The second kappa shape index (κ2) is 7.13. The molecule has 162 valence electrons. The number of anilines is 3. The maximum atomic E-state index is 13.1. The molecule has 1 aliphatic heterocycles. The van der Waals surface area contributed by atoms with Gasteiger partial charge in [-0.1, -0.05) is 13.8 Å². The minimum atomic E-state index is -4.42. The second-order valence-corrected chi connectivity index (χ2v) is 8.25. The Labute approximate surface area is 171 Å². The standard InChI is InChI=1S/C19H24F3N7O/c1-9(2)15-17(30)26-14-10(3)24-18(27-16(14)28(15)4)25-11-7-12(8-11)29-13(5-6-23-29)19(20,21)22/h5-6,9,11-12,15H,7-8H2,1-4H3,(H,26,30)(H,24,25,27). The number of hydrogen-bond acceptors (Lipinski definition) is 6. The van der Waals surface area contributed by atoms with Crippen LogP contribution in [0, 0.1) is 12.8 Å². The van der Waals surface area contributed by atoms with E-state index < -0.39 is 11.9 Å². The molecule has 2 aromatic rings. The highest BCUT2D eigenvalue weighted by Crippen LogP contribution is 2.39. The van der Waals surface area contributed by atoms with Gasteiger partial charge in [0.2, 0.25) is 11.9 Å². The quantitative estimate of drug-likeness (QED) is 0.785. The number of halogens is 3. The summed E-state index contributed by atoms with van der Waals surface area (Å²) in [6.45, 7) is 5.73. The summed E-state index contributed by atoms with van der Waals surface area (Å²) in [5, 5.41) is 9.95. The van der Waals surface area contributed by atoms with E-state index in [0.717, 1.165) is 10.7 Å². The summed E-state index contributed by atoms with van der Waals surface area (Å²) in [6, 6.07) is 0.280. The lowest BCUT2D eigenvalue weighted by molar-refractivity contribution is -0.145. The summed E-state index contributed by atoms with van der Waals surface area (Å²) in [7, 11) is 1.83. The Morgan fingerprint density at radius 3 is 2.60 bits per heavy atom. The summed E-state index contributed by atoms with van der Waals surface area (Å²) in [6.07, 6.45) is -2.26. The largest absolute Gasteiger partial charge is 0.433 e. The fraction of sp³-hybridized carbons (Fsp3) is 0.579. The lowest BCUT2D eigenvalue weighted by Crippen LogP contribution is -2.50. The predicted molar refractivity (Wildman–Crippen MR) is 105 cm³/mol. The van der Waals surface area contributed by atoms with Gasteiger partial charge in [0.1, 0.15) is 17.4 Å². The van der Waals surface area contributed by atoms with Gasteiger partial charge in [-0.2, -0.15) is 23.3 Å². The molecule has 30 heavy (non-hydrogen) atoms. The van der Waals surface area contributed by atoms with Crippen molar-refractivity contribution in [2.45, 2.75) is 57.9 Å². The van der Waals surface area contributed by atoms with E-state index in [1.807, 2.05) is 25.8 Å². The van der Waals surface area contributed by atoms with Gasteiger partial charge in [-0.25, -0.2) is 4.98 Å². The number of amides is 1. The average molecular weight is 423 g/mol. The van der Waals surface area contributed by atoms with Crippen molar-refractivity contribution >= 4 is 23.4 Å². The molecule has 2 N–H and O–H groups in total. The highest BCUT2D eigenvalue weighted by Gasteiger charge is 2.41. The van der Waals surface area contributed by atoms with Crippen molar-refractivity contribution in [3.63, 3.8) is 0 Å². The third-order valence-electron chi connectivity index (χ3n) is 5.72. The van der Waals surface area contributed by atoms with Gasteiger partial charge in [0, 0.05) is 19.3 Å². The molecule has 0 spiro atoms. The van der Waals surface area contributed by atoms with Crippen molar-refractivity contribution in [1.82, 2.24) is 19.7 Å². The molecule has 2 aromatic heterocycles. The van der Waals surface area contributed by atoms with Gasteiger partial charge in [0.25, 0.3) is 0 Å². The number of nitrogens with zero attached hydrogens (tertiary/aromatic N) is 5. The Bertz CT molecular complexity index is 966. The van der Waals surface area contributed by atoms with Gasteiger partial charge in [-0.05, 0) is 31.7 Å².